The van der Waals surface area contributed by atoms with Gasteiger partial charge in [0.25, 0.3) is 0 Å². The molecule has 7 nitrogen and oxygen atoms in total. The van der Waals surface area contributed by atoms with Crippen molar-refractivity contribution < 1.29 is 9.53 Å². The van der Waals surface area contributed by atoms with Crippen molar-refractivity contribution in [2.75, 3.05) is 50.1 Å². The van der Waals surface area contributed by atoms with E-state index in [9.17, 15) is 4.79 Å². The van der Waals surface area contributed by atoms with Crippen LogP contribution < -0.4 is 25.2 Å². The van der Waals surface area contributed by atoms with Gasteiger partial charge in [-0.2, -0.15) is 0 Å². The van der Waals surface area contributed by atoms with Crippen LogP contribution in [0.1, 0.15) is 24.8 Å². The maximum absolute atomic E-state index is 12.7. The summed E-state index contributed by atoms with van der Waals surface area (Å²) in [4.78, 5) is 21.3. The molecule has 1 amide bonds. The highest BCUT2D eigenvalue weighted by Gasteiger charge is 2.26. The highest BCUT2D eigenvalue weighted by Crippen LogP contribution is 2.30. The monoisotopic (exact) mass is 563 g/mol. The first-order chi connectivity index (χ1) is 15.7. The molecule has 1 saturated heterocycles. The largest absolute Gasteiger partial charge is 0.495 e. The zero-order valence-electron chi connectivity index (χ0n) is 19.4. The van der Waals surface area contributed by atoms with Crippen molar-refractivity contribution in [3.05, 3.63) is 54.1 Å². The van der Waals surface area contributed by atoms with Crippen LogP contribution >= 0.6 is 24.0 Å². The van der Waals surface area contributed by atoms with Gasteiger partial charge in [-0.15, -0.1) is 24.0 Å². The van der Waals surface area contributed by atoms with Crippen LogP contribution in [0.4, 0.5) is 11.4 Å². The minimum absolute atomic E-state index is 0. The zero-order chi connectivity index (χ0) is 22.3. The maximum atomic E-state index is 12.7. The van der Waals surface area contributed by atoms with Gasteiger partial charge in [0, 0.05) is 51.4 Å². The summed E-state index contributed by atoms with van der Waals surface area (Å²) < 4.78 is 5.51. The Labute approximate surface area is 213 Å². The minimum atomic E-state index is 0. The molecule has 1 fully saturated rings. The average Bonchev–Trinajstić information content (AvgIpc) is 3.48. The Morgan fingerprint density at radius 1 is 1.12 bits per heavy atom. The van der Waals surface area contributed by atoms with Crippen molar-refractivity contribution in [2.45, 2.75) is 31.7 Å². The van der Waals surface area contributed by atoms with E-state index in [0.29, 0.717) is 19.0 Å². The third-order valence-electron chi connectivity index (χ3n) is 6.23. The molecule has 1 atom stereocenters. The van der Waals surface area contributed by atoms with Gasteiger partial charge < -0.3 is 25.2 Å². The lowest BCUT2D eigenvalue weighted by Crippen LogP contribution is -2.45. The molecular weight excluding hydrogens is 529 g/mol. The summed E-state index contributed by atoms with van der Waals surface area (Å²) >= 11 is 0. The van der Waals surface area contributed by atoms with Gasteiger partial charge in [0.15, 0.2) is 5.96 Å². The molecule has 0 aliphatic carbocycles. The Morgan fingerprint density at radius 2 is 1.88 bits per heavy atom. The van der Waals surface area contributed by atoms with Gasteiger partial charge >= 0.3 is 0 Å². The molecule has 178 valence electrons. The third-order valence-corrected chi connectivity index (χ3v) is 6.23. The van der Waals surface area contributed by atoms with E-state index >= 15 is 0 Å². The number of fused-ring (bicyclic) bond motifs is 1. The Bertz CT molecular complexity index is 967. The number of amides is 1. The van der Waals surface area contributed by atoms with Crippen molar-refractivity contribution in [3.63, 3.8) is 0 Å². The highest BCUT2D eigenvalue weighted by molar-refractivity contribution is 14.0. The van der Waals surface area contributed by atoms with E-state index < -0.39 is 0 Å². The first-order valence-corrected chi connectivity index (χ1v) is 11.4. The van der Waals surface area contributed by atoms with E-state index in [0.717, 1.165) is 62.0 Å². The first-order valence-electron chi connectivity index (χ1n) is 11.4. The molecule has 0 bridgehead atoms. The summed E-state index contributed by atoms with van der Waals surface area (Å²) in [6.45, 7) is 3.37. The molecule has 33 heavy (non-hydrogen) atoms. The van der Waals surface area contributed by atoms with Crippen molar-refractivity contribution in [3.8, 4) is 5.75 Å². The van der Waals surface area contributed by atoms with Crippen molar-refractivity contribution in [1.29, 1.82) is 0 Å². The summed E-state index contributed by atoms with van der Waals surface area (Å²) in [6, 6.07) is 16.6. The van der Waals surface area contributed by atoms with Gasteiger partial charge in [-0.1, -0.05) is 30.3 Å². The molecule has 4 rings (SSSR count). The molecular formula is C25H34IN5O2. The normalized spacial score (nSPS) is 17.4. The Kier molecular flexibility index (Phi) is 9.22. The van der Waals surface area contributed by atoms with Gasteiger partial charge in [-0.3, -0.25) is 9.79 Å². The predicted molar refractivity (Wildman–Crippen MR) is 145 cm³/mol. The van der Waals surface area contributed by atoms with Crippen LogP contribution in [0.5, 0.6) is 5.75 Å². The Balaban J connectivity index is 0.00000306. The third kappa shape index (κ3) is 6.10. The minimum Gasteiger partial charge on any atom is -0.495 e. The number of nitrogens with one attached hydrogen (secondary N) is 2. The number of hydrogen-bond acceptors (Lipinski definition) is 4. The first kappa shape index (κ1) is 25.1. The van der Waals surface area contributed by atoms with Crippen molar-refractivity contribution in [1.82, 2.24) is 10.6 Å². The lowest BCUT2D eigenvalue weighted by molar-refractivity contribution is -0.118. The quantitative estimate of drug-likeness (QED) is 0.234. The number of benzene rings is 2. The summed E-state index contributed by atoms with van der Waals surface area (Å²) in [6.07, 6.45) is 3.29. The number of hydrogen-bond donors (Lipinski definition) is 2. The lowest BCUT2D eigenvalue weighted by Gasteiger charge is -2.22. The van der Waals surface area contributed by atoms with E-state index in [1.807, 2.05) is 41.3 Å². The summed E-state index contributed by atoms with van der Waals surface area (Å²) in [7, 11) is 3.50. The number of nitrogens with zero attached hydrogens (tertiary/aromatic N) is 3. The second kappa shape index (κ2) is 12.1. The van der Waals surface area contributed by atoms with Crippen LogP contribution in [-0.4, -0.2) is 58.2 Å². The van der Waals surface area contributed by atoms with Gasteiger partial charge in [-0.05, 0) is 43.0 Å². The average molecular weight is 563 g/mol. The van der Waals surface area contributed by atoms with Crippen LogP contribution in [0.25, 0.3) is 0 Å². The number of para-hydroxylation sites is 3. The van der Waals surface area contributed by atoms with E-state index in [2.05, 4.69) is 32.7 Å². The van der Waals surface area contributed by atoms with Crippen LogP contribution in [0, 0.1) is 0 Å². The molecule has 2 aromatic rings. The zero-order valence-corrected chi connectivity index (χ0v) is 21.7. The molecule has 0 spiro atoms. The Hall–Kier alpha value is -2.49. The number of halogens is 1. The molecule has 8 heteroatoms. The van der Waals surface area contributed by atoms with E-state index in [1.165, 1.54) is 5.56 Å². The molecule has 2 N–H and O–H groups in total. The van der Waals surface area contributed by atoms with Gasteiger partial charge in [-0.25, -0.2) is 0 Å². The van der Waals surface area contributed by atoms with Crippen molar-refractivity contribution in [2.24, 2.45) is 4.99 Å². The fourth-order valence-corrected chi connectivity index (χ4v) is 4.55. The molecule has 2 aliphatic rings. The maximum Gasteiger partial charge on any atom is 0.227 e. The standard InChI is InChI=1S/C25H33N5O2.HI/c1-26-25(28-20-14-16-29(18-20)22-10-5-6-11-23(22)32-2)27-15-7-12-24(31)30-17-13-19-8-3-4-9-21(19)30;/h3-6,8-11,20H,7,12-18H2,1-2H3,(H2,26,27,28);1H. The molecule has 0 aromatic heterocycles. The van der Waals surface area contributed by atoms with E-state index in [-0.39, 0.29) is 29.9 Å². The molecule has 1 unspecified atom stereocenters. The molecule has 2 aliphatic heterocycles. The molecule has 2 heterocycles. The SMILES string of the molecule is CN=C(NCCCC(=O)N1CCc2ccccc21)NC1CCN(c2ccccc2OC)C1.I. The fraction of sp³-hybridized carbons (Fsp3) is 0.440. The number of rotatable bonds is 7. The highest BCUT2D eigenvalue weighted by atomic mass is 127. The van der Waals surface area contributed by atoms with E-state index in [4.69, 9.17) is 4.74 Å². The molecule has 0 radical (unpaired) electrons. The van der Waals surface area contributed by atoms with Crippen LogP contribution in [-0.2, 0) is 11.2 Å². The van der Waals surface area contributed by atoms with Crippen LogP contribution in [0.2, 0.25) is 0 Å². The smallest absolute Gasteiger partial charge is 0.227 e. The number of methoxy groups -OCH3 is 1. The van der Waals surface area contributed by atoms with Crippen LogP contribution in [0.3, 0.4) is 0 Å². The van der Waals surface area contributed by atoms with Gasteiger partial charge in [0.05, 0.1) is 12.8 Å². The van der Waals surface area contributed by atoms with Crippen LogP contribution in [0.15, 0.2) is 53.5 Å². The van der Waals surface area contributed by atoms with Gasteiger partial charge in [0.1, 0.15) is 5.75 Å². The lowest BCUT2D eigenvalue weighted by atomic mass is 10.2. The predicted octanol–water partition coefficient (Wildman–Crippen LogP) is 3.43. The number of aliphatic imine (C=N–C) groups is 1. The summed E-state index contributed by atoms with van der Waals surface area (Å²) in [5, 5.41) is 6.88. The topological polar surface area (TPSA) is 69.2 Å². The molecule has 0 saturated carbocycles. The number of guanidine groups is 1. The summed E-state index contributed by atoms with van der Waals surface area (Å²) in [5.74, 6) is 1.89. The van der Waals surface area contributed by atoms with Gasteiger partial charge in [0.2, 0.25) is 5.91 Å². The van der Waals surface area contributed by atoms with Crippen molar-refractivity contribution >= 4 is 47.2 Å². The summed E-state index contributed by atoms with van der Waals surface area (Å²) in [5.41, 5.74) is 3.47. The number of anilines is 2. The second-order valence-corrected chi connectivity index (χ2v) is 8.27. The number of carbonyl (C=O) groups excluding carboxylic acids is 1. The second-order valence-electron chi connectivity index (χ2n) is 8.27. The Morgan fingerprint density at radius 3 is 2.67 bits per heavy atom. The molecule has 2 aromatic carbocycles. The van der Waals surface area contributed by atoms with E-state index in [1.54, 1.807) is 14.2 Å². The number of ether oxygens (including phenoxy) is 1. The number of carbonyl (C=O) groups is 1. The fourth-order valence-electron chi connectivity index (χ4n) is 4.55.